The monoisotopic (exact) mass is 255 g/mol. The molecule has 7 heteroatoms. The maximum atomic E-state index is 11.6. The van der Waals surface area contributed by atoms with Crippen LogP contribution in [0.1, 0.15) is 12.8 Å². The highest BCUT2D eigenvalue weighted by molar-refractivity contribution is 7.91. The van der Waals surface area contributed by atoms with Crippen LogP contribution in [0.5, 0.6) is 0 Å². The van der Waals surface area contributed by atoms with Gasteiger partial charge in [-0.05, 0) is 18.4 Å². The Balaban J connectivity index is 1.87. The van der Waals surface area contributed by atoms with Crippen LogP contribution in [0.15, 0.2) is 18.6 Å². The lowest BCUT2D eigenvalue weighted by atomic mass is 10.1. The fraction of sp³-hybridized carbons (Fsp3) is 0.500. The average Bonchev–Trinajstić information content (AvgIpc) is 2.59. The summed E-state index contributed by atoms with van der Waals surface area (Å²) in [6.07, 6.45) is 3.67. The first-order chi connectivity index (χ1) is 8.05. The summed E-state index contributed by atoms with van der Waals surface area (Å²) in [6, 6.07) is 1.59. The number of aromatic nitrogens is 2. The van der Waals surface area contributed by atoms with E-state index in [-0.39, 0.29) is 29.8 Å². The Bertz CT molecular complexity index is 501. The van der Waals surface area contributed by atoms with Crippen molar-refractivity contribution < 1.29 is 13.2 Å². The summed E-state index contributed by atoms with van der Waals surface area (Å²) in [6.45, 7) is 0. The second-order valence-electron chi connectivity index (χ2n) is 4.12. The number of carbonyl (C=O) groups excluding carboxylic acids is 1. The zero-order valence-corrected chi connectivity index (χ0v) is 9.98. The molecule has 1 saturated heterocycles. The Kier molecular flexibility index (Phi) is 3.37. The van der Waals surface area contributed by atoms with Crippen molar-refractivity contribution in [1.29, 1.82) is 0 Å². The molecule has 1 aliphatic heterocycles. The van der Waals surface area contributed by atoms with Gasteiger partial charge in [0.2, 0.25) is 5.91 Å². The number of nitrogens with one attached hydrogen (secondary N) is 1. The van der Waals surface area contributed by atoms with E-state index in [2.05, 4.69) is 15.3 Å². The van der Waals surface area contributed by atoms with E-state index in [0.29, 0.717) is 12.2 Å². The number of carbonyl (C=O) groups is 1. The summed E-state index contributed by atoms with van der Waals surface area (Å²) in [5.41, 5.74) is 0. The third-order valence-electron chi connectivity index (χ3n) is 2.65. The molecule has 1 atom stereocenters. The molecule has 1 aromatic heterocycles. The van der Waals surface area contributed by atoms with Crippen molar-refractivity contribution in [3.8, 4) is 0 Å². The van der Waals surface area contributed by atoms with Crippen molar-refractivity contribution >= 4 is 21.6 Å². The maximum absolute atomic E-state index is 11.6. The molecule has 2 rings (SSSR count). The van der Waals surface area contributed by atoms with Crippen LogP contribution in [0.25, 0.3) is 0 Å². The zero-order chi connectivity index (χ0) is 12.3. The lowest BCUT2D eigenvalue weighted by Crippen LogP contribution is -2.18. The Labute approximate surface area is 99.4 Å². The van der Waals surface area contributed by atoms with Crippen molar-refractivity contribution in [2.45, 2.75) is 12.8 Å². The summed E-state index contributed by atoms with van der Waals surface area (Å²) >= 11 is 0. The summed E-state index contributed by atoms with van der Waals surface area (Å²) in [5, 5.41) is 2.61. The summed E-state index contributed by atoms with van der Waals surface area (Å²) < 4.78 is 22.5. The molecule has 0 saturated carbocycles. The molecule has 0 aliphatic carbocycles. The molecule has 92 valence electrons. The van der Waals surface area contributed by atoms with Gasteiger partial charge in [0.05, 0.1) is 11.5 Å². The molecule has 2 heterocycles. The van der Waals surface area contributed by atoms with E-state index in [1.54, 1.807) is 6.07 Å². The molecule has 0 radical (unpaired) electrons. The van der Waals surface area contributed by atoms with Crippen molar-refractivity contribution in [3.63, 3.8) is 0 Å². The van der Waals surface area contributed by atoms with E-state index in [0.717, 1.165) is 0 Å². The van der Waals surface area contributed by atoms with Gasteiger partial charge in [0, 0.05) is 12.6 Å². The lowest BCUT2D eigenvalue weighted by molar-refractivity contribution is -0.116. The van der Waals surface area contributed by atoms with Crippen molar-refractivity contribution in [2.24, 2.45) is 5.92 Å². The summed E-state index contributed by atoms with van der Waals surface area (Å²) in [5.74, 6) is 0.473. The van der Waals surface area contributed by atoms with Gasteiger partial charge < -0.3 is 5.32 Å². The predicted molar refractivity (Wildman–Crippen MR) is 62.0 cm³/mol. The first kappa shape index (κ1) is 12.0. The molecular weight excluding hydrogens is 242 g/mol. The number of hydrogen-bond donors (Lipinski definition) is 1. The summed E-state index contributed by atoms with van der Waals surface area (Å²) in [7, 11) is -2.92. The van der Waals surface area contributed by atoms with Crippen LogP contribution >= 0.6 is 0 Å². The highest BCUT2D eigenvalue weighted by atomic mass is 32.2. The zero-order valence-electron chi connectivity index (χ0n) is 9.17. The van der Waals surface area contributed by atoms with E-state index in [1.807, 2.05) is 0 Å². The van der Waals surface area contributed by atoms with Gasteiger partial charge in [-0.1, -0.05) is 0 Å². The fourth-order valence-electron chi connectivity index (χ4n) is 1.85. The molecule has 1 N–H and O–H groups in total. The molecule has 17 heavy (non-hydrogen) atoms. The number of hydrogen-bond acceptors (Lipinski definition) is 5. The van der Waals surface area contributed by atoms with Crippen molar-refractivity contribution in [2.75, 3.05) is 16.8 Å². The maximum Gasteiger partial charge on any atom is 0.225 e. The highest BCUT2D eigenvalue weighted by Gasteiger charge is 2.29. The minimum Gasteiger partial charge on any atom is -0.311 e. The Morgan fingerprint density at radius 3 is 2.94 bits per heavy atom. The average molecular weight is 255 g/mol. The van der Waals surface area contributed by atoms with E-state index in [1.165, 1.54) is 12.5 Å². The van der Waals surface area contributed by atoms with E-state index >= 15 is 0 Å². The third kappa shape index (κ3) is 3.48. The number of anilines is 1. The smallest absolute Gasteiger partial charge is 0.225 e. The second kappa shape index (κ2) is 4.79. The first-order valence-electron chi connectivity index (χ1n) is 5.31. The third-order valence-corrected chi connectivity index (χ3v) is 4.49. The minimum atomic E-state index is -2.92. The topological polar surface area (TPSA) is 89.0 Å². The van der Waals surface area contributed by atoms with Gasteiger partial charge in [0.15, 0.2) is 9.84 Å². The summed E-state index contributed by atoms with van der Waals surface area (Å²) in [4.78, 5) is 19.2. The van der Waals surface area contributed by atoms with Gasteiger partial charge in [-0.15, -0.1) is 0 Å². The van der Waals surface area contributed by atoms with Gasteiger partial charge in [-0.2, -0.15) is 0 Å². The first-order valence-corrected chi connectivity index (χ1v) is 7.13. The molecule has 0 spiro atoms. The Morgan fingerprint density at radius 1 is 1.53 bits per heavy atom. The molecule has 1 aromatic rings. The number of rotatable bonds is 3. The van der Waals surface area contributed by atoms with Gasteiger partial charge in [0.1, 0.15) is 12.1 Å². The molecule has 1 aliphatic rings. The van der Waals surface area contributed by atoms with Crippen LogP contribution in [0.3, 0.4) is 0 Å². The largest absolute Gasteiger partial charge is 0.311 e. The van der Waals surface area contributed by atoms with Gasteiger partial charge >= 0.3 is 0 Å². The number of amides is 1. The second-order valence-corrected chi connectivity index (χ2v) is 6.34. The van der Waals surface area contributed by atoms with Crippen molar-refractivity contribution in [3.05, 3.63) is 18.6 Å². The fourth-order valence-corrected chi connectivity index (χ4v) is 3.72. The van der Waals surface area contributed by atoms with E-state index in [4.69, 9.17) is 0 Å². The van der Waals surface area contributed by atoms with Crippen LogP contribution in [0.4, 0.5) is 5.82 Å². The molecule has 0 bridgehead atoms. The van der Waals surface area contributed by atoms with Crippen LogP contribution in [-0.4, -0.2) is 35.8 Å². The number of sulfone groups is 1. The SMILES string of the molecule is O=C(CC1CCS(=O)(=O)C1)Nc1ccncn1. The lowest BCUT2D eigenvalue weighted by Gasteiger charge is -2.07. The van der Waals surface area contributed by atoms with Crippen LogP contribution in [0.2, 0.25) is 0 Å². The molecular formula is C10H13N3O3S. The van der Waals surface area contributed by atoms with E-state index in [9.17, 15) is 13.2 Å². The standard InChI is InChI=1S/C10H13N3O3S/c14-10(13-9-1-3-11-7-12-9)5-8-2-4-17(15,16)6-8/h1,3,7-8H,2,4-6H2,(H,11,12,13,14). The Hall–Kier alpha value is -1.50. The van der Waals surface area contributed by atoms with Crippen LogP contribution in [0, 0.1) is 5.92 Å². The van der Waals surface area contributed by atoms with Gasteiger partial charge in [-0.25, -0.2) is 18.4 Å². The number of nitrogens with zero attached hydrogens (tertiary/aromatic N) is 2. The minimum absolute atomic E-state index is 0.0677. The van der Waals surface area contributed by atoms with Crippen molar-refractivity contribution in [1.82, 2.24) is 9.97 Å². The molecule has 1 fully saturated rings. The molecule has 0 aromatic carbocycles. The quantitative estimate of drug-likeness (QED) is 0.835. The Morgan fingerprint density at radius 2 is 2.35 bits per heavy atom. The molecule has 6 nitrogen and oxygen atoms in total. The molecule has 1 unspecified atom stereocenters. The normalized spacial score (nSPS) is 22.2. The van der Waals surface area contributed by atoms with Crippen LogP contribution in [-0.2, 0) is 14.6 Å². The van der Waals surface area contributed by atoms with E-state index < -0.39 is 9.84 Å². The highest BCUT2D eigenvalue weighted by Crippen LogP contribution is 2.21. The van der Waals surface area contributed by atoms with Crippen LogP contribution < -0.4 is 5.32 Å². The predicted octanol–water partition coefficient (Wildman–Crippen LogP) is 0.240. The van der Waals surface area contributed by atoms with Gasteiger partial charge in [0.25, 0.3) is 0 Å². The van der Waals surface area contributed by atoms with Gasteiger partial charge in [-0.3, -0.25) is 4.79 Å². The molecule has 1 amide bonds.